The maximum atomic E-state index is 10.0. The molecule has 2 aromatic carbocycles. The van der Waals surface area contributed by atoms with E-state index in [9.17, 15) is 10.2 Å². The Morgan fingerprint density at radius 3 is 1.54 bits per heavy atom. The monoisotopic (exact) mass is 326 g/mol. The highest BCUT2D eigenvalue weighted by atomic mass is 16.5. The molecule has 4 nitrogen and oxygen atoms in total. The van der Waals surface area contributed by atoms with Crippen LogP contribution in [0.4, 0.5) is 0 Å². The van der Waals surface area contributed by atoms with E-state index in [1.807, 2.05) is 24.3 Å². The molecule has 2 aliphatic rings. The summed E-state index contributed by atoms with van der Waals surface area (Å²) in [5.41, 5.74) is 5.03. The third-order valence-corrected chi connectivity index (χ3v) is 5.62. The number of hydrogen-bond acceptors (Lipinski definition) is 4. The van der Waals surface area contributed by atoms with Gasteiger partial charge in [0.1, 0.15) is 0 Å². The Labute approximate surface area is 141 Å². The Kier molecular flexibility index (Phi) is 3.56. The fourth-order valence-electron chi connectivity index (χ4n) is 4.47. The molecule has 2 aromatic rings. The van der Waals surface area contributed by atoms with Crippen LogP contribution in [-0.2, 0) is 12.8 Å². The standard InChI is InChI=1S/C20H22O4/c1-23-19-9-15-11(7-17(19)21)3-6-14-13(15)5-4-12-8-18(22)20(24-2)10-16(12)14/h7-10,13-14,21-22H,3-6H2,1-2H3/t13-,14+. The average molecular weight is 326 g/mol. The van der Waals surface area contributed by atoms with Gasteiger partial charge in [-0.3, -0.25) is 0 Å². The molecule has 2 aliphatic carbocycles. The number of fused-ring (bicyclic) bond motifs is 5. The van der Waals surface area contributed by atoms with Crippen LogP contribution >= 0.6 is 0 Å². The van der Waals surface area contributed by atoms with E-state index in [2.05, 4.69) is 0 Å². The first kappa shape index (κ1) is 15.2. The maximum Gasteiger partial charge on any atom is 0.160 e. The second kappa shape index (κ2) is 5.62. The van der Waals surface area contributed by atoms with Gasteiger partial charge in [0.2, 0.25) is 0 Å². The molecule has 2 N–H and O–H groups in total. The molecule has 0 bridgehead atoms. The van der Waals surface area contributed by atoms with Gasteiger partial charge in [0.25, 0.3) is 0 Å². The van der Waals surface area contributed by atoms with Gasteiger partial charge in [-0.1, -0.05) is 0 Å². The number of hydrogen-bond donors (Lipinski definition) is 2. The van der Waals surface area contributed by atoms with Gasteiger partial charge in [0.05, 0.1) is 14.2 Å². The van der Waals surface area contributed by atoms with Gasteiger partial charge in [-0.25, -0.2) is 0 Å². The number of benzene rings is 2. The van der Waals surface area contributed by atoms with Crippen molar-refractivity contribution in [3.63, 3.8) is 0 Å². The predicted molar refractivity (Wildman–Crippen MR) is 91.4 cm³/mol. The molecule has 0 saturated heterocycles. The van der Waals surface area contributed by atoms with Crippen molar-refractivity contribution in [2.45, 2.75) is 37.5 Å². The summed E-state index contributed by atoms with van der Waals surface area (Å²) in [5, 5.41) is 20.1. The fraction of sp³-hybridized carbons (Fsp3) is 0.400. The van der Waals surface area contributed by atoms with Crippen molar-refractivity contribution < 1.29 is 19.7 Å². The average Bonchev–Trinajstić information content (AvgIpc) is 2.59. The van der Waals surface area contributed by atoms with Gasteiger partial charge in [-0.15, -0.1) is 0 Å². The van der Waals surface area contributed by atoms with Crippen LogP contribution in [0.2, 0.25) is 0 Å². The molecule has 0 fully saturated rings. The van der Waals surface area contributed by atoms with Crippen LogP contribution in [0.3, 0.4) is 0 Å². The summed E-state index contributed by atoms with van der Waals surface area (Å²) in [6, 6.07) is 7.73. The number of methoxy groups -OCH3 is 2. The van der Waals surface area contributed by atoms with Crippen molar-refractivity contribution >= 4 is 0 Å². The van der Waals surface area contributed by atoms with Gasteiger partial charge in [-0.05, 0) is 84.0 Å². The van der Waals surface area contributed by atoms with E-state index in [4.69, 9.17) is 9.47 Å². The van der Waals surface area contributed by atoms with Crippen molar-refractivity contribution in [1.82, 2.24) is 0 Å². The fourth-order valence-corrected chi connectivity index (χ4v) is 4.47. The van der Waals surface area contributed by atoms with Gasteiger partial charge in [0, 0.05) is 0 Å². The van der Waals surface area contributed by atoms with Crippen molar-refractivity contribution in [2.75, 3.05) is 14.2 Å². The van der Waals surface area contributed by atoms with Crippen LogP contribution < -0.4 is 9.47 Å². The third kappa shape index (κ3) is 2.20. The zero-order valence-electron chi connectivity index (χ0n) is 14.0. The number of phenols is 2. The molecule has 4 rings (SSSR count). The summed E-state index contributed by atoms with van der Waals surface area (Å²) in [4.78, 5) is 0. The van der Waals surface area contributed by atoms with Crippen LogP contribution in [0.25, 0.3) is 0 Å². The minimum atomic E-state index is 0.220. The van der Waals surface area contributed by atoms with Gasteiger partial charge in [0.15, 0.2) is 23.0 Å². The zero-order chi connectivity index (χ0) is 16.8. The van der Waals surface area contributed by atoms with E-state index in [1.54, 1.807) is 14.2 Å². The molecule has 0 saturated carbocycles. The Balaban J connectivity index is 1.80. The predicted octanol–water partition coefficient (Wildman–Crippen LogP) is 3.87. The van der Waals surface area contributed by atoms with E-state index < -0.39 is 0 Å². The molecule has 24 heavy (non-hydrogen) atoms. The third-order valence-electron chi connectivity index (χ3n) is 5.62. The lowest BCUT2D eigenvalue weighted by Crippen LogP contribution is -2.24. The number of aromatic hydroxyl groups is 2. The van der Waals surface area contributed by atoms with E-state index in [0.29, 0.717) is 23.3 Å². The molecule has 2 atom stereocenters. The topological polar surface area (TPSA) is 58.9 Å². The van der Waals surface area contributed by atoms with E-state index >= 15 is 0 Å². The smallest absolute Gasteiger partial charge is 0.160 e. The van der Waals surface area contributed by atoms with Gasteiger partial charge < -0.3 is 19.7 Å². The highest BCUT2D eigenvalue weighted by Crippen LogP contribution is 2.52. The Bertz CT molecular complexity index is 729. The molecule has 0 aromatic heterocycles. The summed E-state index contributed by atoms with van der Waals surface area (Å²) in [7, 11) is 3.18. The van der Waals surface area contributed by atoms with Crippen molar-refractivity contribution in [2.24, 2.45) is 0 Å². The first-order valence-corrected chi connectivity index (χ1v) is 8.42. The van der Waals surface area contributed by atoms with E-state index in [1.165, 1.54) is 22.3 Å². The maximum absolute atomic E-state index is 10.0. The highest BCUT2D eigenvalue weighted by Gasteiger charge is 2.36. The lowest BCUT2D eigenvalue weighted by Gasteiger charge is -2.39. The van der Waals surface area contributed by atoms with E-state index in [-0.39, 0.29) is 11.5 Å². The zero-order valence-corrected chi connectivity index (χ0v) is 14.0. The highest BCUT2D eigenvalue weighted by molar-refractivity contribution is 5.54. The van der Waals surface area contributed by atoms with Crippen LogP contribution in [0.15, 0.2) is 24.3 Å². The molecular formula is C20H22O4. The molecule has 0 spiro atoms. The summed E-state index contributed by atoms with van der Waals surface area (Å²) in [5.74, 6) is 2.37. The lowest BCUT2D eigenvalue weighted by molar-refractivity contribution is 0.361. The summed E-state index contributed by atoms with van der Waals surface area (Å²) in [6.45, 7) is 0. The summed E-state index contributed by atoms with van der Waals surface area (Å²) >= 11 is 0. The van der Waals surface area contributed by atoms with Gasteiger partial charge >= 0.3 is 0 Å². The molecule has 0 unspecified atom stereocenters. The second-order valence-corrected chi connectivity index (χ2v) is 6.74. The molecule has 0 aliphatic heterocycles. The molecule has 0 amide bonds. The van der Waals surface area contributed by atoms with E-state index in [0.717, 1.165) is 25.7 Å². The van der Waals surface area contributed by atoms with Crippen LogP contribution in [0.5, 0.6) is 23.0 Å². The minimum Gasteiger partial charge on any atom is -0.504 e. The minimum absolute atomic E-state index is 0.220. The second-order valence-electron chi connectivity index (χ2n) is 6.74. The number of ether oxygens (including phenoxy) is 2. The molecule has 0 radical (unpaired) electrons. The summed E-state index contributed by atoms with van der Waals surface area (Å²) in [6.07, 6.45) is 3.97. The van der Waals surface area contributed by atoms with Crippen LogP contribution in [-0.4, -0.2) is 24.4 Å². The normalized spacial score (nSPS) is 21.4. The number of phenolic OH excluding ortho intramolecular Hbond substituents is 2. The Hall–Kier alpha value is -2.36. The van der Waals surface area contributed by atoms with Crippen molar-refractivity contribution in [3.8, 4) is 23.0 Å². The first-order valence-electron chi connectivity index (χ1n) is 8.42. The molecule has 4 heteroatoms. The van der Waals surface area contributed by atoms with Crippen molar-refractivity contribution in [3.05, 3.63) is 46.5 Å². The molecular weight excluding hydrogens is 304 g/mol. The number of rotatable bonds is 2. The number of aryl methyl sites for hydroxylation is 2. The lowest BCUT2D eigenvalue weighted by atomic mass is 9.65. The van der Waals surface area contributed by atoms with Crippen molar-refractivity contribution in [1.29, 1.82) is 0 Å². The Morgan fingerprint density at radius 1 is 0.750 bits per heavy atom. The largest absolute Gasteiger partial charge is 0.504 e. The summed E-state index contributed by atoms with van der Waals surface area (Å²) < 4.78 is 10.6. The SMILES string of the molecule is COc1cc2c(cc1O)CC[C@H]1c3cc(OC)c(O)cc3CC[C@H]21. The first-order chi connectivity index (χ1) is 11.6. The molecule has 126 valence electrons. The quantitative estimate of drug-likeness (QED) is 0.879. The Morgan fingerprint density at radius 2 is 1.17 bits per heavy atom. The van der Waals surface area contributed by atoms with Crippen LogP contribution in [0, 0.1) is 0 Å². The van der Waals surface area contributed by atoms with Gasteiger partial charge in [-0.2, -0.15) is 0 Å². The molecule has 0 heterocycles. The van der Waals surface area contributed by atoms with Crippen LogP contribution in [0.1, 0.15) is 46.9 Å².